The second-order valence-electron chi connectivity index (χ2n) is 8.44. The molecule has 1 heterocycles. The first kappa shape index (κ1) is 22.8. The summed E-state index contributed by atoms with van der Waals surface area (Å²) in [6, 6.07) is 8.81. The van der Waals surface area contributed by atoms with Gasteiger partial charge in [0, 0.05) is 24.3 Å². The van der Waals surface area contributed by atoms with E-state index in [4.69, 9.17) is 0 Å². The SMILES string of the molecule is Cc1cc(C)c(NC(=O)CN(C)C(=O)c2ccc3c(c2)CC(C)N3S(C)(=O)=O)c(C)c1. The minimum absolute atomic E-state index is 0.0887. The summed E-state index contributed by atoms with van der Waals surface area (Å²) >= 11 is 0. The molecule has 0 fully saturated rings. The van der Waals surface area contributed by atoms with Crippen molar-refractivity contribution in [2.45, 2.75) is 40.2 Å². The van der Waals surface area contributed by atoms with Crippen molar-refractivity contribution in [3.8, 4) is 0 Å². The number of hydrogen-bond acceptors (Lipinski definition) is 4. The minimum Gasteiger partial charge on any atom is -0.332 e. The molecule has 2 aromatic carbocycles. The molecule has 0 aromatic heterocycles. The zero-order valence-corrected chi connectivity index (χ0v) is 19.6. The molecular formula is C23H29N3O4S. The maximum atomic E-state index is 12.9. The van der Waals surface area contributed by atoms with Gasteiger partial charge in [0.05, 0.1) is 18.5 Å². The number of likely N-dealkylation sites (N-methyl/N-ethyl adjacent to an activating group) is 1. The molecule has 0 bridgehead atoms. The first-order valence-corrected chi connectivity index (χ1v) is 12.0. The number of carbonyl (C=O) groups excluding carboxylic acids is 2. The normalized spacial score (nSPS) is 15.5. The highest BCUT2D eigenvalue weighted by Gasteiger charge is 2.33. The third kappa shape index (κ3) is 4.74. The largest absolute Gasteiger partial charge is 0.332 e. The first-order valence-electron chi connectivity index (χ1n) is 10.1. The number of fused-ring (bicyclic) bond motifs is 1. The van der Waals surface area contributed by atoms with Gasteiger partial charge in [0.25, 0.3) is 5.91 Å². The topological polar surface area (TPSA) is 86.8 Å². The van der Waals surface area contributed by atoms with Crippen molar-refractivity contribution >= 4 is 33.2 Å². The van der Waals surface area contributed by atoms with Crippen LogP contribution in [0.2, 0.25) is 0 Å². The first-order chi connectivity index (χ1) is 14.4. The molecule has 2 amide bonds. The Morgan fingerprint density at radius 3 is 2.32 bits per heavy atom. The average molecular weight is 444 g/mol. The number of carbonyl (C=O) groups is 2. The summed E-state index contributed by atoms with van der Waals surface area (Å²) in [5, 5.41) is 2.91. The molecule has 8 heteroatoms. The molecule has 1 atom stereocenters. The quantitative estimate of drug-likeness (QED) is 0.770. The minimum atomic E-state index is -3.39. The van der Waals surface area contributed by atoms with Gasteiger partial charge in [-0.1, -0.05) is 17.7 Å². The number of anilines is 2. The fourth-order valence-electron chi connectivity index (χ4n) is 4.30. The van der Waals surface area contributed by atoms with Crippen molar-refractivity contribution in [1.29, 1.82) is 0 Å². The van der Waals surface area contributed by atoms with Crippen LogP contribution in [-0.4, -0.2) is 51.0 Å². The summed E-state index contributed by atoms with van der Waals surface area (Å²) in [7, 11) is -1.81. The van der Waals surface area contributed by atoms with Crippen molar-refractivity contribution < 1.29 is 18.0 Å². The van der Waals surface area contributed by atoms with E-state index in [-0.39, 0.29) is 24.4 Å². The van der Waals surface area contributed by atoms with Gasteiger partial charge in [0.2, 0.25) is 15.9 Å². The monoisotopic (exact) mass is 443 g/mol. The molecule has 7 nitrogen and oxygen atoms in total. The predicted octanol–water partition coefficient (Wildman–Crippen LogP) is 3.03. The van der Waals surface area contributed by atoms with Crippen LogP contribution in [0.4, 0.5) is 11.4 Å². The van der Waals surface area contributed by atoms with Crippen molar-refractivity contribution in [2.75, 3.05) is 29.5 Å². The lowest BCUT2D eigenvalue weighted by Crippen LogP contribution is -2.35. The lowest BCUT2D eigenvalue weighted by atomic mass is 10.0. The van der Waals surface area contributed by atoms with E-state index in [1.54, 1.807) is 25.2 Å². The fourth-order valence-corrected chi connectivity index (χ4v) is 5.57. The van der Waals surface area contributed by atoms with E-state index in [0.717, 1.165) is 27.9 Å². The number of sulfonamides is 1. The van der Waals surface area contributed by atoms with Crippen molar-refractivity contribution in [3.05, 3.63) is 58.1 Å². The molecule has 3 rings (SSSR count). The maximum absolute atomic E-state index is 12.9. The number of benzene rings is 2. The van der Waals surface area contributed by atoms with Crippen molar-refractivity contribution in [2.24, 2.45) is 0 Å². The smallest absolute Gasteiger partial charge is 0.254 e. The molecule has 0 spiro atoms. The van der Waals surface area contributed by atoms with Gasteiger partial charge in [0.1, 0.15) is 0 Å². The number of nitrogens with one attached hydrogen (secondary N) is 1. The van der Waals surface area contributed by atoms with Crippen LogP contribution in [0, 0.1) is 20.8 Å². The summed E-state index contributed by atoms with van der Waals surface area (Å²) in [4.78, 5) is 26.8. The Bertz CT molecular complexity index is 1130. The van der Waals surface area contributed by atoms with E-state index >= 15 is 0 Å². The molecule has 0 saturated heterocycles. The number of aryl methyl sites for hydroxylation is 3. The Hall–Kier alpha value is -2.87. The van der Waals surface area contributed by atoms with E-state index in [0.29, 0.717) is 17.7 Å². The van der Waals surface area contributed by atoms with E-state index < -0.39 is 10.0 Å². The molecule has 1 aliphatic heterocycles. The highest BCUT2D eigenvalue weighted by atomic mass is 32.2. The molecular weight excluding hydrogens is 414 g/mol. The molecule has 1 unspecified atom stereocenters. The van der Waals surface area contributed by atoms with Gasteiger partial charge in [-0.3, -0.25) is 13.9 Å². The van der Waals surface area contributed by atoms with E-state index in [2.05, 4.69) is 5.32 Å². The Kier molecular flexibility index (Phi) is 6.14. The molecule has 0 radical (unpaired) electrons. The van der Waals surface area contributed by atoms with Gasteiger partial charge in [-0.05, 0) is 69.0 Å². The number of hydrogen-bond donors (Lipinski definition) is 1. The summed E-state index contributed by atoms with van der Waals surface area (Å²) in [6.07, 6.45) is 1.72. The lowest BCUT2D eigenvalue weighted by molar-refractivity contribution is -0.116. The summed E-state index contributed by atoms with van der Waals surface area (Å²) < 4.78 is 25.5. The maximum Gasteiger partial charge on any atom is 0.254 e. The van der Waals surface area contributed by atoms with Gasteiger partial charge in [-0.15, -0.1) is 0 Å². The fraction of sp³-hybridized carbons (Fsp3) is 0.391. The van der Waals surface area contributed by atoms with E-state index in [1.807, 2.05) is 39.8 Å². The van der Waals surface area contributed by atoms with Gasteiger partial charge in [-0.2, -0.15) is 0 Å². The standard InChI is InChI=1S/C23H29N3O4S/c1-14-9-15(2)22(16(3)10-14)24-21(27)13-25(5)23(28)18-7-8-20-19(12-18)11-17(4)26(20)31(6,29)30/h7-10,12,17H,11,13H2,1-6H3,(H,24,27). The second-order valence-corrected chi connectivity index (χ2v) is 10.3. The predicted molar refractivity (Wildman–Crippen MR) is 123 cm³/mol. The third-order valence-electron chi connectivity index (χ3n) is 5.51. The molecule has 166 valence electrons. The lowest BCUT2D eigenvalue weighted by Gasteiger charge is -2.22. The van der Waals surface area contributed by atoms with E-state index in [1.165, 1.54) is 15.5 Å². The van der Waals surface area contributed by atoms with Gasteiger partial charge in [-0.25, -0.2) is 8.42 Å². The summed E-state index contributed by atoms with van der Waals surface area (Å²) in [6.45, 7) is 7.64. The van der Waals surface area contributed by atoms with Crippen LogP contribution in [-0.2, 0) is 21.2 Å². The van der Waals surface area contributed by atoms with Crippen LogP contribution < -0.4 is 9.62 Å². The van der Waals surface area contributed by atoms with Crippen LogP contribution >= 0.6 is 0 Å². The highest BCUT2D eigenvalue weighted by molar-refractivity contribution is 7.92. The Labute approximate surface area is 184 Å². The molecule has 31 heavy (non-hydrogen) atoms. The van der Waals surface area contributed by atoms with Gasteiger partial charge >= 0.3 is 0 Å². The molecule has 2 aromatic rings. The Morgan fingerprint density at radius 2 is 1.74 bits per heavy atom. The molecule has 0 saturated carbocycles. The van der Waals surface area contributed by atoms with Crippen LogP contribution in [0.1, 0.15) is 39.5 Å². The van der Waals surface area contributed by atoms with Crippen molar-refractivity contribution in [3.63, 3.8) is 0 Å². The number of amides is 2. The summed E-state index contributed by atoms with van der Waals surface area (Å²) in [5.74, 6) is -0.565. The molecule has 0 aliphatic carbocycles. The zero-order valence-electron chi connectivity index (χ0n) is 18.8. The molecule has 1 N–H and O–H groups in total. The van der Waals surface area contributed by atoms with Crippen LogP contribution in [0.25, 0.3) is 0 Å². The van der Waals surface area contributed by atoms with Gasteiger partial charge in [0.15, 0.2) is 0 Å². The Morgan fingerprint density at radius 1 is 1.13 bits per heavy atom. The van der Waals surface area contributed by atoms with E-state index in [9.17, 15) is 18.0 Å². The second kappa shape index (κ2) is 8.34. The van der Waals surface area contributed by atoms with Crippen molar-refractivity contribution in [1.82, 2.24) is 4.90 Å². The summed E-state index contributed by atoms with van der Waals surface area (Å²) in [5.41, 5.74) is 5.69. The van der Waals surface area contributed by atoms with Crippen LogP contribution in [0.5, 0.6) is 0 Å². The Balaban J connectivity index is 1.73. The van der Waals surface area contributed by atoms with Gasteiger partial charge < -0.3 is 10.2 Å². The van der Waals surface area contributed by atoms with Crippen LogP contribution in [0.15, 0.2) is 30.3 Å². The number of nitrogens with zero attached hydrogens (tertiary/aromatic N) is 2. The van der Waals surface area contributed by atoms with Crippen LogP contribution in [0.3, 0.4) is 0 Å². The average Bonchev–Trinajstić information content (AvgIpc) is 2.98. The molecule has 1 aliphatic rings. The highest BCUT2D eigenvalue weighted by Crippen LogP contribution is 2.34. The zero-order chi connectivity index (χ0) is 23.1. The number of rotatable bonds is 5. The third-order valence-corrected chi connectivity index (χ3v) is 6.78.